The number of carbonyl (C=O) groups is 1. The van der Waals surface area contributed by atoms with E-state index in [-0.39, 0.29) is 5.91 Å². The molecule has 1 aliphatic rings. The Bertz CT molecular complexity index is 418. The van der Waals surface area contributed by atoms with Crippen molar-refractivity contribution in [1.29, 1.82) is 0 Å². The second-order valence-corrected chi connectivity index (χ2v) is 5.87. The largest absolute Gasteiger partial charge is 0.355 e. The lowest BCUT2D eigenvalue weighted by Crippen LogP contribution is -2.35. The number of nitrogens with one attached hydrogen (secondary N) is 1. The molecule has 0 unspecified atom stereocenters. The number of likely N-dealkylation sites (N-methyl/N-ethyl adjacent to an activating group) is 1. The maximum Gasteiger partial charge on any atom is 0.234 e. The number of amides is 1. The van der Waals surface area contributed by atoms with Gasteiger partial charge in [-0.25, -0.2) is 0 Å². The average molecular weight is 311 g/mol. The minimum atomic E-state index is 0.122. The van der Waals surface area contributed by atoms with E-state index in [1.165, 1.54) is 18.4 Å². The molecule has 1 N–H and O–H groups in total. The second kappa shape index (κ2) is 6.34. The van der Waals surface area contributed by atoms with Crippen LogP contribution in [0.2, 0.25) is 0 Å². The van der Waals surface area contributed by atoms with Crippen molar-refractivity contribution in [2.45, 2.75) is 19.4 Å². The van der Waals surface area contributed by atoms with Gasteiger partial charge in [0.05, 0.1) is 6.54 Å². The maximum atomic E-state index is 11.7. The Labute approximate surface area is 117 Å². The molecular weight excluding hydrogens is 292 g/mol. The predicted molar refractivity (Wildman–Crippen MR) is 76.2 cm³/mol. The molecular formula is C14H19BrN2O. The first-order valence-corrected chi connectivity index (χ1v) is 7.13. The first kappa shape index (κ1) is 13.6. The summed E-state index contributed by atoms with van der Waals surface area (Å²) in [6, 6.07) is 8.11. The highest BCUT2D eigenvalue weighted by Gasteiger charge is 2.21. The molecule has 1 saturated carbocycles. The molecule has 1 fully saturated rings. The Hall–Kier alpha value is -0.870. The molecule has 1 amide bonds. The molecule has 3 nitrogen and oxygen atoms in total. The molecule has 18 heavy (non-hydrogen) atoms. The SMILES string of the molecule is CN(CC(=O)NCC1CC1)Cc1ccccc1Br. The molecule has 98 valence electrons. The number of hydrogen-bond acceptors (Lipinski definition) is 2. The van der Waals surface area contributed by atoms with Gasteiger partial charge in [0.15, 0.2) is 0 Å². The van der Waals surface area contributed by atoms with Crippen molar-refractivity contribution in [1.82, 2.24) is 10.2 Å². The second-order valence-electron chi connectivity index (χ2n) is 5.01. The van der Waals surface area contributed by atoms with Crippen molar-refractivity contribution < 1.29 is 4.79 Å². The van der Waals surface area contributed by atoms with Gasteiger partial charge in [0, 0.05) is 17.6 Å². The van der Waals surface area contributed by atoms with Gasteiger partial charge in [-0.15, -0.1) is 0 Å². The van der Waals surface area contributed by atoms with Gasteiger partial charge in [-0.3, -0.25) is 9.69 Å². The number of nitrogens with zero attached hydrogens (tertiary/aromatic N) is 1. The van der Waals surface area contributed by atoms with Crippen molar-refractivity contribution in [3.05, 3.63) is 34.3 Å². The predicted octanol–water partition coefficient (Wildman–Crippen LogP) is 2.41. The van der Waals surface area contributed by atoms with Gasteiger partial charge in [0.1, 0.15) is 0 Å². The molecule has 1 aromatic rings. The lowest BCUT2D eigenvalue weighted by molar-refractivity contribution is -0.122. The molecule has 4 heteroatoms. The van der Waals surface area contributed by atoms with Crippen molar-refractivity contribution in [2.75, 3.05) is 20.1 Å². The highest BCUT2D eigenvalue weighted by atomic mass is 79.9. The fourth-order valence-corrected chi connectivity index (χ4v) is 2.26. The summed E-state index contributed by atoms with van der Waals surface area (Å²) in [6.07, 6.45) is 2.54. The fraction of sp³-hybridized carbons (Fsp3) is 0.500. The standard InChI is InChI=1S/C14H19BrN2O/c1-17(9-12-4-2-3-5-13(12)15)10-14(18)16-8-11-6-7-11/h2-5,11H,6-10H2,1H3,(H,16,18). The highest BCUT2D eigenvalue weighted by molar-refractivity contribution is 9.10. The maximum absolute atomic E-state index is 11.7. The normalized spacial score (nSPS) is 14.8. The molecule has 0 saturated heterocycles. The third-order valence-electron chi connectivity index (χ3n) is 3.10. The number of hydrogen-bond donors (Lipinski definition) is 1. The molecule has 0 bridgehead atoms. The van der Waals surface area contributed by atoms with Gasteiger partial charge in [0.25, 0.3) is 0 Å². The monoisotopic (exact) mass is 310 g/mol. The van der Waals surface area contributed by atoms with E-state index in [4.69, 9.17) is 0 Å². The van der Waals surface area contributed by atoms with Gasteiger partial charge in [-0.1, -0.05) is 34.1 Å². The van der Waals surface area contributed by atoms with E-state index in [9.17, 15) is 4.79 Å². The molecule has 0 atom stereocenters. The van der Waals surface area contributed by atoms with E-state index in [2.05, 4.69) is 27.3 Å². The van der Waals surface area contributed by atoms with E-state index in [0.29, 0.717) is 6.54 Å². The highest BCUT2D eigenvalue weighted by Crippen LogP contribution is 2.27. The van der Waals surface area contributed by atoms with Crippen LogP contribution in [0.25, 0.3) is 0 Å². The topological polar surface area (TPSA) is 32.3 Å². The lowest BCUT2D eigenvalue weighted by Gasteiger charge is -2.17. The molecule has 0 radical (unpaired) electrons. The van der Waals surface area contributed by atoms with Gasteiger partial charge < -0.3 is 5.32 Å². The smallest absolute Gasteiger partial charge is 0.234 e. The van der Waals surface area contributed by atoms with E-state index in [1.54, 1.807) is 0 Å². The number of benzene rings is 1. The zero-order valence-corrected chi connectivity index (χ0v) is 12.2. The van der Waals surface area contributed by atoms with Crippen molar-refractivity contribution in [3.8, 4) is 0 Å². The fourth-order valence-electron chi connectivity index (χ4n) is 1.85. The quantitative estimate of drug-likeness (QED) is 0.875. The zero-order chi connectivity index (χ0) is 13.0. The van der Waals surface area contributed by atoms with Crippen LogP contribution in [-0.4, -0.2) is 30.9 Å². The molecule has 0 aromatic heterocycles. The van der Waals surface area contributed by atoms with Crippen molar-refractivity contribution >= 4 is 21.8 Å². The molecule has 1 aromatic carbocycles. The van der Waals surface area contributed by atoms with Crippen LogP contribution in [0.4, 0.5) is 0 Å². The van der Waals surface area contributed by atoms with Gasteiger partial charge in [0.2, 0.25) is 5.91 Å². The van der Waals surface area contributed by atoms with Gasteiger partial charge in [-0.05, 0) is 37.4 Å². The van der Waals surface area contributed by atoms with E-state index >= 15 is 0 Å². The van der Waals surface area contributed by atoms with Gasteiger partial charge in [-0.2, -0.15) is 0 Å². The average Bonchev–Trinajstić information content (AvgIpc) is 3.13. The summed E-state index contributed by atoms with van der Waals surface area (Å²) in [5.41, 5.74) is 1.20. The summed E-state index contributed by atoms with van der Waals surface area (Å²) in [4.78, 5) is 13.7. The summed E-state index contributed by atoms with van der Waals surface area (Å²) in [5, 5.41) is 2.98. The summed E-state index contributed by atoms with van der Waals surface area (Å²) in [7, 11) is 1.97. The van der Waals surface area contributed by atoms with Crippen molar-refractivity contribution in [2.24, 2.45) is 5.92 Å². The van der Waals surface area contributed by atoms with Crippen LogP contribution in [0.5, 0.6) is 0 Å². The summed E-state index contributed by atoms with van der Waals surface area (Å²) in [6.45, 7) is 2.08. The van der Waals surface area contributed by atoms with Crippen LogP contribution in [-0.2, 0) is 11.3 Å². The first-order valence-electron chi connectivity index (χ1n) is 6.34. The van der Waals surface area contributed by atoms with Crippen LogP contribution < -0.4 is 5.32 Å². The van der Waals surface area contributed by atoms with Crippen LogP contribution in [0, 0.1) is 5.92 Å². The Morgan fingerprint density at radius 1 is 1.44 bits per heavy atom. The molecule has 0 heterocycles. The van der Waals surface area contributed by atoms with E-state index < -0.39 is 0 Å². The minimum absolute atomic E-state index is 0.122. The number of halogens is 1. The Balaban J connectivity index is 1.75. The zero-order valence-electron chi connectivity index (χ0n) is 10.7. The third kappa shape index (κ3) is 4.42. The van der Waals surface area contributed by atoms with Gasteiger partial charge >= 0.3 is 0 Å². The van der Waals surface area contributed by atoms with Crippen LogP contribution >= 0.6 is 15.9 Å². The Morgan fingerprint density at radius 2 is 2.17 bits per heavy atom. The number of rotatable bonds is 6. The first-order chi connectivity index (χ1) is 8.65. The summed E-state index contributed by atoms with van der Waals surface area (Å²) < 4.78 is 1.09. The summed E-state index contributed by atoms with van der Waals surface area (Å²) in [5.74, 6) is 0.860. The Kier molecular flexibility index (Phi) is 4.78. The van der Waals surface area contributed by atoms with Crippen molar-refractivity contribution in [3.63, 3.8) is 0 Å². The Morgan fingerprint density at radius 3 is 2.83 bits per heavy atom. The van der Waals surface area contributed by atoms with Crippen LogP contribution in [0.1, 0.15) is 18.4 Å². The number of carbonyl (C=O) groups excluding carboxylic acids is 1. The molecule has 0 aliphatic heterocycles. The third-order valence-corrected chi connectivity index (χ3v) is 3.87. The lowest BCUT2D eigenvalue weighted by atomic mass is 10.2. The molecule has 0 spiro atoms. The van der Waals surface area contributed by atoms with Crippen LogP contribution in [0.15, 0.2) is 28.7 Å². The van der Waals surface area contributed by atoms with Crippen LogP contribution in [0.3, 0.4) is 0 Å². The molecule has 2 rings (SSSR count). The van der Waals surface area contributed by atoms with E-state index in [1.807, 2.05) is 30.1 Å². The summed E-state index contributed by atoms with van der Waals surface area (Å²) >= 11 is 3.52. The van der Waals surface area contributed by atoms with E-state index in [0.717, 1.165) is 23.5 Å². The minimum Gasteiger partial charge on any atom is -0.355 e. The molecule has 1 aliphatic carbocycles.